The van der Waals surface area contributed by atoms with Gasteiger partial charge in [-0.2, -0.15) is 0 Å². The van der Waals surface area contributed by atoms with Gasteiger partial charge in [0.15, 0.2) is 23.3 Å². The Morgan fingerprint density at radius 3 is 2.42 bits per heavy atom. The monoisotopic (exact) mass is 300 g/mol. The van der Waals surface area contributed by atoms with E-state index in [0.29, 0.717) is 10.2 Å². The second-order valence-corrected chi connectivity index (χ2v) is 4.98. The van der Waals surface area contributed by atoms with Gasteiger partial charge in [0, 0.05) is 10.9 Å². The van der Waals surface area contributed by atoms with E-state index in [4.69, 9.17) is 11.6 Å². The Morgan fingerprint density at radius 1 is 1.05 bits per heavy atom. The maximum Gasteiger partial charge on any atom is 0.194 e. The van der Waals surface area contributed by atoms with Crippen LogP contribution in [-0.4, -0.2) is 9.97 Å². The minimum atomic E-state index is -1.52. The summed E-state index contributed by atoms with van der Waals surface area (Å²) in [6.45, 7) is 0. The lowest BCUT2D eigenvalue weighted by atomic mass is 10.2. The van der Waals surface area contributed by atoms with Gasteiger partial charge in [0.2, 0.25) is 0 Å². The number of nitrogens with zero attached hydrogens (tertiary/aromatic N) is 2. The van der Waals surface area contributed by atoms with Gasteiger partial charge >= 0.3 is 0 Å². The molecular weight excluding hydrogens is 297 g/mol. The first-order valence-electron chi connectivity index (χ1n) is 5.12. The van der Waals surface area contributed by atoms with Gasteiger partial charge in [-0.25, -0.2) is 23.1 Å². The summed E-state index contributed by atoms with van der Waals surface area (Å²) >= 11 is 7.28. The molecule has 0 atom stereocenters. The number of aromatic nitrogens is 2. The molecule has 0 saturated carbocycles. The zero-order valence-corrected chi connectivity index (χ0v) is 10.7. The second kappa shape index (κ2) is 4.47. The second-order valence-electron chi connectivity index (χ2n) is 3.73. The van der Waals surface area contributed by atoms with E-state index >= 15 is 0 Å². The van der Waals surface area contributed by atoms with Gasteiger partial charge in [-0.3, -0.25) is 0 Å². The standard InChI is InChI=1S/C12H4ClF3N2S/c13-10-6-1-2-19-12(6)18-11(17-10)5-3-7(14)9(16)8(15)4-5/h1-4H. The molecule has 0 fully saturated rings. The molecule has 1 aromatic carbocycles. The largest absolute Gasteiger partial charge is 0.217 e. The average molecular weight is 301 g/mol. The molecule has 0 aliphatic rings. The summed E-state index contributed by atoms with van der Waals surface area (Å²) in [5, 5.41) is 2.63. The SMILES string of the molecule is Fc1cc(-c2nc(Cl)c3ccsc3n2)cc(F)c1F. The molecule has 0 aliphatic carbocycles. The van der Waals surface area contributed by atoms with E-state index in [0.717, 1.165) is 12.1 Å². The first kappa shape index (κ1) is 12.4. The van der Waals surface area contributed by atoms with Crippen LogP contribution in [0, 0.1) is 17.5 Å². The number of hydrogen-bond acceptors (Lipinski definition) is 3. The fourth-order valence-electron chi connectivity index (χ4n) is 1.63. The Morgan fingerprint density at radius 2 is 1.74 bits per heavy atom. The summed E-state index contributed by atoms with van der Waals surface area (Å²) in [6.07, 6.45) is 0. The van der Waals surface area contributed by atoms with E-state index in [1.165, 1.54) is 11.3 Å². The van der Waals surface area contributed by atoms with E-state index < -0.39 is 17.5 Å². The van der Waals surface area contributed by atoms with Crippen molar-refractivity contribution in [3.8, 4) is 11.4 Å². The molecule has 0 radical (unpaired) electrons. The van der Waals surface area contributed by atoms with Crippen molar-refractivity contribution in [3.05, 3.63) is 46.2 Å². The Bertz CT molecular complexity index is 765. The Hall–Kier alpha value is -1.66. The van der Waals surface area contributed by atoms with E-state index in [1.807, 2.05) is 0 Å². The highest BCUT2D eigenvalue weighted by Crippen LogP contribution is 2.29. The fraction of sp³-hybridized carbons (Fsp3) is 0. The summed E-state index contributed by atoms with van der Waals surface area (Å²) < 4.78 is 39.3. The molecule has 7 heteroatoms. The summed E-state index contributed by atoms with van der Waals surface area (Å²) in [7, 11) is 0. The molecule has 3 aromatic rings. The molecule has 0 unspecified atom stereocenters. The maximum absolute atomic E-state index is 13.2. The molecule has 3 rings (SSSR count). The van der Waals surface area contributed by atoms with Crippen LogP contribution in [-0.2, 0) is 0 Å². The summed E-state index contributed by atoms with van der Waals surface area (Å²) in [6, 6.07) is 3.42. The van der Waals surface area contributed by atoms with Gasteiger partial charge < -0.3 is 0 Å². The lowest BCUT2D eigenvalue weighted by molar-refractivity contribution is 0.447. The number of rotatable bonds is 1. The summed E-state index contributed by atoms with van der Waals surface area (Å²) in [5.74, 6) is -4.05. The average Bonchev–Trinajstić information content (AvgIpc) is 2.84. The summed E-state index contributed by atoms with van der Waals surface area (Å²) in [4.78, 5) is 8.70. The molecule has 96 valence electrons. The molecule has 19 heavy (non-hydrogen) atoms. The molecule has 0 N–H and O–H groups in total. The first-order valence-corrected chi connectivity index (χ1v) is 6.37. The third kappa shape index (κ3) is 2.06. The number of hydrogen-bond donors (Lipinski definition) is 0. The van der Waals surface area contributed by atoms with Crippen LogP contribution in [0.2, 0.25) is 5.15 Å². The van der Waals surface area contributed by atoms with Crippen LogP contribution in [0.4, 0.5) is 13.2 Å². The smallest absolute Gasteiger partial charge is 0.194 e. The van der Waals surface area contributed by atoms with Crippen LogP contribution in [0.1, 0.15) is 0 Å². The quantitative estimate of drug-likeness (QED) is 0.491. The highest BCUT2D eigenvalue weighted by Gasteiger charge is 2.15. The van der Waals surface area contributed by atoms with Gasteiger partial charge in [0.25, 0.3) is 0 Å². The van der Waals surface area contributed by atoms with Crippen molar-refractivity contribution in [2.45, 2.75) is 0 Å². The molecule has 0 aliphatic heterocycles. The Kier molecular flexibility index (Phi) is 2.91. The van der Waals surface area contributed by atoms with Gasteiger partial charge in [-0.05, 0) is 23.6 Å². The third-order valence-corrected chi connectivity index (χ3v) is 3.62. The van der Waals surface area contributed by atoms with Gasteiger partial charge in [0.1, 0.15) is 9.98 Å². The van der Waals surface area contributed by atoms with Crippen LogP contribution in [0.3, 0.4) is 0 Å². The van der Waals surface area contributed by atoms with E-state index in [2.05, 4.69) is 9.97 Å². The number of thiophene rings is 1. The number of benzene rings is 1. The highest BCUT2D eigenvalue weighted by molar-refractivity contribution is 7.16. The van der Waals surface area contributed by atoms with Crippen molar-refractivity contribution >= 4 is 33.2 Å². The van der Waals surface area contributed by atoms with E-state index in [1.54, 1.807) is 11.4 Å². The Labute approximate surface area is 114 Å². The zero-order valence-electron chi connectivity index (χ0n) is 9.12. The molecule has 0 spiro atoms. The van der Waals surface area contributed by atoms with Gasteiger partial charge in [-0.15, -0.1) is 11.3 Å². The topological polar surface area (TPSA) is 25.8 Å². The van der Waals surface area contributed by atoms with Crippen molar-refractivity contribution in [2.75, 3.05) is 0 Å². The lowest BCUT2D eigenvalue weighted by Gasteiger charge is -2.03. The summed E-state index contributed by atoms with van der Waals surface area (Å²) in [5.41, 5.74) is 0.0357. The molecule has 0 bridgehead atoms. The van der Waals surface area contributed by atoms with Crippen molar-refractivity contribution < 1.29 is 13.2 Å². The van der Waals surface area contributed by atoms with Crippen LogP contribution < -0.4 is 0 Å². The van der Waals surface area contributed by atoms with Crippen molar-refractivity contribution in [2.24, 2.45) is 0 Å². The van der Waals surface area contributed by atoms with Crippen LogP contribution in [0.5, 0.6) is 0 Å². The van der Waals surface area contributed by atoms with Crippen molar-refractivity contribution in [1.82, 2.24) is 9.97 Å². The van der Waals surface area contributed by atoms with Crippen molar-refractivity contribution in [1.29, 1.82) is 0 Å². The fourth-order valence-corrected chi connectivity index (χ4v) is 2.69. The molecule has 2 nitrogen and oxygen atoms in total. The van der Waals surface area contributed by atoms with E-state index in [9.17, 15) is 13.2 Å². The van der Waals surface area contributed by atoms with Gasteiger partial charge in [0.05, 0.1) is 0 Å². The first-order chi connectivity index (χ1) is 9.06. The number of fused-ring (bicyclic) bond motifs is 1. The maximum atomic E-state index is 13.2. The van der Waals surface area contributed by atoms with Crippen LogP contribution >= 0.6 is 22.9 Å². The molecular formula is C12H4ClF3N2S. The predicted molar refractivity (Wildman–Crippen MR) is 67.7 cm³/mol. The third-order valence-electron chi connectivity index (χ3n) is 2.52. The number of halogens is 4. The predicted octanol–water partition coefficient (Wildman–Crippen LogP) is 4.43. The minimum absolute atomic E-state index is 0.0357. The van der Waals surface area contributed by atoms with Crippen LogP contribution in [0.25, 0.3) is 21.6 Å². The zero-order chi connectivity index (χ0) is 13.6. The minimum Gasteiger partial charge on any atom is -0.217 e. The highest BCUT2D eigenvalue weighted by atomic mass is 35.5. The normalized spacial score (nSPS) is 11.2. The molecule has 2 heterocycles. The van der Waals surface area contributed by atoms with Crippen LogP contribution in [0.15, 0.2) is 23.6 Å². The van der Waals surface area contributed by atoms with Gasteiger partial charge in [-0.1, -0.05) is 11.6 Å². The van der Waals surface area contributed by atoms with Crippen molar-refractivity contribution in [3.63, 3.8) is 0 Å². The van der Waals surface area contributed by atoms with E-state index in [-0.39, 0.29) is 16.5 Å². The lowest BCUT2D eigenvalue weighted by Crippen LogP contribution is -1.95. The Balaban J connectivity index is 2.24. The molecule has 2 aromatic heterocycles. The molecule has 0 saturated heterocycles. The molecule has 0 amide bonds.